The molecular formula is C35H54O6. The molecule has 0 unspecified atom stereocenters. The Morgan fingerprint density at radius 2 is 1.15 bits per heavy atom. The van der Waals surface area contributed by atoms with Crippen LogP contribution >= 0.6 is 0 Å². The third-order valence-electron chi connectivity index (χ3n) is 7.78. The largest absolute Gasteiger partial charge is 0.508 e. The lowest BCUT2D eigenvalue weighted by Crippen LogP contribution is -2.19. The average molecular weight is 571 g/mol. The minimum atomic E-state index is -0.499. The molecule has 0 aromatic heterocycles. The molecule has 6 nitrogen and oxygen atoms in total. The summed E-state index contributed by atoms with van der Waals surface area (Å²) in [4.78, 5) is 13.2. The highest BCUT2D eigenvalue weighted by molar-refractivity contribution is 5.94. The fraction of sp³-hybridized carbons (Fsp3) is 0.629. The number of phenolic OH excluding ortho intramolecular Hbond substituents is 4. The molecule has 1 atom stereocenters. The Labute approximate surface area is 247 Å². The molecule has 41 heavy (non-hydrogen) atoms. The van der Waals surface area contributed by atoms with E-state index < -0.39 is 5.97 Å². The molecule has 0 bridgehead atoms. The van der Waals surface area contributed by atoms with Crippen molar-refractivity contribution in [3.8, 4) is 23.0 Å². The lowest BCUT2D eigenvalue weighted by atomic mass is 9.98. The van der Waals surface area contributed by atoms with Gasteiger partial charge >= 0.3 is 5.97 Å². The monoisotopic (exact) mass is 570 g/mol. The Morgan fingerprint density at radius 3 is 1.76 bits per heavy atom. The molecule has 2 aromatic rings. The van der Waals surface area contributed by atoms with E-state index in [0.717, 1.165) is 82.6 Å². The van der Waals surface area contributed by atoms with Gasteiger partial charge in [-0.05, 0) is 74.3 Å². The molecule has 0 amide bonds. The summed E-state index contributed by atoms with van der Waals surface area (Å²) in [6.07, 6.45) is 19.6. The summed E-state index contributed by atoms with van der Waals surface area (Å²) in [7, 11) is 0. The minimum Gasteiger partial charge on any atom is -0.508 e. The van der Waals surface area contributed by atoms with Gasteiger partial charge in [0.05, 0.1) is 0 Å². The highest BCUT2D eigenvalue weighted by atomic mass is 16.5. The van der Waals surface area contributed by atoms with Crippen molar-refractivity contribution in [3.05, 3.63) is 47.0 Å². The van der Waals surface area contributed by atoms with Gasteiger partial charge in [0.1, 0.15) is 34.7 Å². The van der Waals surface area contributed by atoms with Crippen LogP contribution in [0.5, 0.6) is 23.0 Å². The van der Waals surface area contributed by atoms with Crippen LogP contribution in [0.4, 0.5) is 0 Å². The van der Waals surface area contributed by atoms with Gasteiger partial charge in [0, 0.05) is 12.1 Å². The van der Waals surface area contributed by atoms with Crippen molar-refractivity contribution in [2.24, 2.45) is 0 Å². The number of phenols is 4. The Kier molecular flexibility index (Phi) is 16.8. The van der Waals surface area contributed by atoms with Gasteiger partial charge in [-0.15, -0.1) is 0 Å². The minimum absolute atomic E-state index is 0.0315. The molecule has 4 N–H and O–H groups in total. The maximum atomic E-state index is 13.2. The van der Waals surface area contributed by atoms with E-state index in [1.165, 1.54) is 50.7 Å². The number of unbranched alkanes of at least 4 members (excludes halogenated alkanes) is 12. The molecule has 0 radical (unpaired) electrons. The van der Waals surface area contributed by atoms with Crippen LogP contribution in [0.2, 0.25) is 0 Å². The Morgan fingerprint density at radius 1 is 0.610 bits per heavy atom. The molecule has 6 heteroatoms. The zero-order valence-electron chi connectivity index (χ0n) is 25.5. The van der Waals surface area contributed by atoms with Crippen molar-refractivity contribution >= 4 is 5.97 Å². The van der Waals surface area contributed by atoms with Gasteiger partial charge in [-0.3, -0.25) is 0 Å². The van der Waals surface area contributed by atoms with E-state index in [2.05, 4.69) is 13.8 Å². The predicted molar refractivity (Wildman–Crippen MR) is 166 cm³/mol. The van der Waals surface area contributed by atoms with Crippen molar-refractivity contribution < 1.29 is 30.0 Å². The first-order valence-corrected chi connectivity index (χ1v) is 16.1. The average Bonchev–Trinajstić information content (AvgIpc) is 2.90. The molecule has 0 saturated heterocycles. The summed E-state index contributed by atoms with van der Waals surface area (Å²) < 4.78 is 5.91. The fourth-order valence-corrected chi connectivity index (χ4v) is 5.55. The predicted octanol–water partition coefficient (Wildman–Crippen LogP) is 9.49. The summed E-state index contributed by atoms with van der Waals surface area (Å²) in [6.45, 7) is 4.31. The molecule has 230 valence electrons. The Hall–Kier alpha value is -2.89. The van der Waals surface area contributed by atoms with Gasteiger partial charge in [-0.2, -0.15) is 0 Å². The van der Waals surface area contributed by atoms with Crippen LogP contribution in [0.1, 0.15) is 144 Å². The topological polar surface area (TPSA) is 107 Å². The first kappa shape index (κ1) is 34.3. The quantitative estimate of drug-likeness (QED) is 0.0829. The highest BCUT2D eigenvalue weighted by Gasteiger charge is 2.22. The Bertz CT molecular complexity index is 998. The maximum Gasteiger partial charge on any atom is 0.342 e. The molecular weight excluding hydrogens is 516 g/mol. The SMILES string of the molecule is CCCCCCCCCCCc1cc(O)cc(O)c1C(=O)O[C@H](CCC)CCCCCCCc1cc(O)cc(O)c1. The second-order valence-corrected chi connectivity index (χ2v) is 11.6. The van der Waals surface area contributed by atoms with Crippen molar-refractivity contribution in [1.29, 1.82) is 0 Å². The number of benzene rings is 2. The third kappa shape index (κ3) is 14.0. The molecule has 0 aliphatic carbocycles. The number of aryl methyl sites for hydroxylation is 2. The normalized spacial score (nSPS) is 12.0. The number of hydrogen-bond donors (Lipinski definition) is 4. The van der Waals surface area contributed by atoms with Gasteiger partial charge in [0.25, 0.3) is 0 Å². The van der Waals surface area contributed by atoms with Crippen LogP contribution in [0.3, 0.4) is 0 Å². The smallest absolute Gasteiger partial charge is 0.342 e. The van der Waals surface area contributed by atoms with Crippen LogP contribution in [-0.4, -0.2) is 32.5 Å². The van der Waals surface area contributed by atoms with Crippen molar-refractivity contribution in [3.63, 3.8) is 0 Å². The number of hydrogen-bond acceptors (Lipinski definition) is 6. The van der Waals surface area contributed by atoms with E-state index in [1.54, 1.807) is 18.2 Å². The molecule has 0 aliphatic rings. The zero-order valence-corrected chi connectivity index (χ0v) is 25.5. The van der Waals surface area contributed by atoms with E-state index in [1.807, 2.05) is 0 Å². The van der Waals surface area contributed by atoms with Crippen LogP contribution in [-0.2, 0) is 17.6 Å². The van der Waals surface area contributed by atoms with Gasteiger partial charge in [-0.25, -0.2) is 4.79 Å². The molecule has 2 aromatic carbocycles. The number of carbonyl (C=O) groups is 1. The maximum absolute atomic E-state index is 13.2. The second kappa shape index (κ2) is 20.1. The first-order valence-electron chi connectivity index (χ1n) is 16.1. The molecule has 0 spiro atoms. The fourth-order valence-electron chi connectivity index (χ4n) is 5.55. The number of ether oxygens (including phenoxy) is 1. The van der Waals surface area contributed by atoms with Gasteiger partial charge in [0.15, 0.2) is 0 Å². The van der Waals surface area contributed by atoms with Crippen LogP contribution in [0.15, 0.2) is 30.3 Å². The van der Waals surface area contributed by atoms with E-state index >= 15 is 0 Å². The first-order chi connectivity index (χ1) is 19.8. The van der Waals surface area contributed by atoms with E-state index in [4.69, 9.17) is 4.74 Å². The van der Waals surface area contributed by atoms with Crippen LogP contribution in [0, 0.1) is 0 Å². The Balaban J connectivity index is 1.77. The second-order valence-electron chi connectivity index (χ2n) is 11.6. The van der Waals surface area contributed by atoms with Crippen molar-refractivity contribution in [2.45, 2.75) is 142 Å². The zero-order chi connectivity index (χ0) is 29.9. The number of esters is 1. The summed E-state index contributed by atoms with van der Waals surface area (Å²) in [6, 6.07) is 7.54. The summed E-state index contributed by atoms with van der Waals surface area (Å²) >= 11 is 0. The van der Waals surface area contributed by atoms with E-state index in [9.17, 15) is 25.2 Å². The molecule has 0 saturated carbocycles. The molecule has 2 rings (SSSR count). The standard InChI is InChI=1S/C35H54O6/c1-3-5-6-7-8-9-10-13-16-20-28-24-31(38)26-33(39)34(28)35(40)41-32(18-4-2)21-17-14-11-12-15-19-27-22-29(36)25-30(37)23-27/h22-26,32,36-39H,3-21H2,1-2H3/t32-/m1/s1. The number of rotatable bonds is 22. The van der Waals surface area contributed by atoms with Gasteiger partial charge in [0.2, 0.25) is 0 Å². The summed E-state index contributed by atoms with van der Waals surface area (Å²) in [5, 5.41) is 39.8. The van der Waals surface area contributed by atoms with Gasteiger partial charge < -0.3 is 25.2 Å². The summed E-state index contributed by atoms with van der Waals surface area (Å²) in [5.41, 5.74) is 1.79. The number of aromatic hydroxyl groups is 4. The third-order valence-corrected chi connectivity index (χ3v) is 7.78. The van der Waals surface area contributed by atoms with Crippen molar-refractivity contribution in [2.75, 3.05) is 0 Å². The lowest BCUT2D eigenvalue weighted by Gasteiger charge is -2.19. The highest BCUT2D eigenvalue weighted by Crippen LogP contribution is 2.30. The van der Waals surface area contributed by atoms with Crippen molar-refractivity contribution in [1.82, 2.24) is 0 Å². The molecule has 0 aliphatic heterocycles. The summed E-state index contributed by atoms with van der Waals surface area (Å²) in [5.74, 6) is -0.561. The van der Waals surface area contributed by atoms with E-state index in [-0.39, 0.29) is 34.7 Å². The van der Waals surface area contributed by atoms with Crippen LogP contribution in [0.25, 0.3) is 0 Å². The molecule has 0 heterocycles. The molecule has 0 fully saturated rings. The van der Waals surface area contributed by atoms with Gasteiger partial charge in [-0.1, -0.05) is 90.9 Å². The lowest BCUT2D eigenvalue weighted by molar-refractivity contribution is 0.0249. The van der Waals surface area contributed by atoms with E-state index in [0.29, 0.717) is 12.0 Å². The number of carbonyl (C=O) groups excluding carboxylic acids is 1. The van der Waals surface area contributed by atoms with Crippen LogP contribution < -0.4 is 0 Å².